The van der Waals surface area contributed by atoms with Crippen LogP contribution in [0.15, 0.2) is 71.7 Å². The number of nitrogens with zero attached hydrogens (tertiary/aromatic N) is 2. The van der Waals surface area contributed by atoms with Crippen LogP contribution in [0.2, 0.25) is 0 Å². The van der Waals surface area contributed by atoms with E-state index in [9.17, 15) is 13.2 Å². The smallest absolute Gasteiger partial charge is 0.414 e. The third kappa shape index (κ3) is 4.84. The first-order valence-corrected chi connectivity index (χ1v) is 11.4. The summed E-state index contributed by atoms with van der Waals surface area (Å²) in [5, 5.41) is 2.08. The van der Waals surface area contributed by atoms with E-state index in [1.165, 1.54) is 4.90 Å². The highest BCUT2D eigenvalue weighted by Crippen LogP contribution is 2.27. The average Bonchev–Trinajstić information content (AvgIpc) is 3.13. The number of amides is 1. The summed E-state index contributed by atoms with van der Waals surface area (Å²) in [5.41, 5.74) is 8.31. The Morgan fingerprint density at radius 2 is 1.84 bits per heavy atom. The van der Waals surface area contributed by atoms with Gasteiger partial charge >= 0.3 is 6.09 Å². The molecule has 3 aromatic carbocycles. The summed E-state index contributed by atoms with van der Waals surface area (Å²) in [6.07, 6.45) is -0.281. The highest BCUT2D eigenvalue weighted by atomic mass is 32.2. The first-order chi connectivity index (χ1) is 14.8. The van der Waals surface area contributed by atoms with Gasteiger partial charge in [0, 0.05) is 16.6 Å². The number of aliphatic imine (C=N–C) groups is 1. The molecule has 1 unspecified atom stereocenters. The van der Waals surface area contributed by atoms with Gasteiger partial charge in [-0.3, -0.25) is 9.08 Å². The highest BCUT2D eigenvalue weighted by Gasteiger charge is 2.33. The lowest BCUT2D eigenvalue weighted by Gasteiger charge is -2.13. The fraction of sp³-hybridized carbons (Fsp3) is 0.182. The Balaban J connectivity index is 1.50. The van der Waals surface area contributed by atoms with Crippen molar-refractivity contribution >= 4 is 44.2 Å². The van der Waals surface area contributed by atoms with Crippen molar-refractivity contribution in [2.45, 2.75) is 6.10 Å². The normalized spacial score (nSPS) is 17.2. The molecule has 4 rings (SSSR count). The lowest BCUT2D eigenvalue weighted by molar-refractivity contribution is 0.107. The average molecular weight is 439 g/mol. The van der Waals surface area contributed by atoms with Crippen molar-refractivity contribution in [3.8, 4) is 0 Å². The maximum atomic E-state index is 12.1. The van der Waals surface area contributed by atoms with Crippen LogP contribution in [0.1, 0.15) is 5.56 Å². The van der Waals surface area contributed by atoms with Crippen LogP contribution in [-0.2, 0) is 19.0 Å². The number of ether oxygens (including phenoxy) is 1. The number of cyclic esters (lactones) is 1. The van der Waals surface area contributed by atoms with E-state index < -0.39 is 22.3 Å². The zero-order valence-corrected chi connectivity index (χ0v) is 17.6. The summed E-state index contributed by atoms with van der Waals surface area (Å²) in [6.45, 7) is -0.0307. The quantitative estimate of drug-likeness (QED) is 0.359. The van der Waals surface area contributed by atoms with Gasteiger partial charge < -0.3 is 10.5 Å². The molecule has 1 aliphatic heterocycles. The van der Waals surface area contributed by atoms with E-state index >= 15 is 0 Å². The van der Waals surface area contributed by atoms with E-state index in [1.54, 1.807) is 24.3 Å². The number of anilines is 1. The molecular weight excluding hydrogens is 418 g/mol. The van der Waals surface area contributed by atoms with E-state index in [0.29, 0.717) is 17.1 Å². The van der Waals surface area contributed by atoms with Gasteiger partial charge in [-0.1, -0.05) is 36.4 Å². The van der Waals surface area contributed by atoms with Crippen LogP contribution < -0.4 is 10.6 Å². The first kappa shape index (κ1) is 20.8. The molecule has 3 aromatic rings. The van der Waals surface area contributed by atoms with Crippen molar-refractivity contribution in [1.82, 2.24) is 0 Å². The summed E-state index contributed by atoms with van der Waals surface area (Å²) >= 11 is 0. The van der Waals surface area contributed by atoms with Gasteiger partial charge in [0.1, 0.15) is 18.5 Å². The summed E-state index contributed by atoms with van der Waals surface area (Å²) in [7, 11) is -3.60. The predicted octanol–water partition coefficient (Wildman–Crippen LogP) is 3.18. The number of rotatable bonds is 6. The van der Waals surface area contributed by atoms with Gasteiger partial charge in [0.2, 0.25) is 0 Å². The number of carbonyl (C=O) groups excluding carboxylic acids is 1. The van der Waals surface area contributed by atoms with Gasteiger partial charge in [0.05, 0.1) is 18.5 Å². The molecule has 1 heterocycles. The molecule has 0 bridgehead atoms. The van der Waals surface area contributed by atoms with Crippen LogP contribution in [0, 0.1) is 0 Å². The Kier molecular flexibility index (Phi) is 5.62. The number of amidine groups is 1. The summed E-state index contributed by atoms with van der Waals surface area (Å²) in [6, 6.07) is 20.8. The van der Waals surface area contributed by atoms with Gasteiger partial charge in [0.15, 0.2) is 0 Å². The molecule has 1 amide bonds. The molecule has 160 valence electrons. The Morgan fingerprint density at radius 3 is 2.58 bits per heavy atom. The fourth-order valence-corrected chi connectivity index (χ4v) is 3.73. The van der Waals surface area contributed by atoms with Gasteiger partial charge in [-0.25, -0.2) is 9.79 Å². The van der Waals surface area contributed by atoms with E-state index in [4.69, 9.17) is 14.7 Å². The van der Waals surface area contributed by atoms with Crippen LogP contribution in [0.4, 0.5) is 16.2 Å². The molecule has 8 nitrogen and oxygen atoms in total. The molecule has 1 saturated heterocycles. The summed E-state index contributed by atoms with van der Waals surface area (Å²) < 4.78 is 32.1. The van der Waals surface area contributed by atoms with Crippen LogP contribution in [0.25, 0.3) is 10.8 Å². The second-order valence-electron chi connectivity index (χ2n) is 7.15. The maximum Gasteiger partial charge on any atom is 0.414 e. The number of hydrogen-bond acceptors (Lipinski definition) is 6. The van der Waals surface area contributed by atoms with Crippen molar-refractivity contribution in [3.63, 3.8) is 0 Å². The van der Waals surface area contributed by atoms with Crippen LogP contribution in [0.5, 0.6) is 0 Å². The second kappa shape index (κ2) is 8.37. The highest BCUT2D eigenvalue weighted by molar-refractivity contribution is 7.85. The molecule has 1 aliphatic rings. The Bertz CT molecular complexity index is 1250. The van der Waals surface area contributed by atoms with Crippen molar-refractivity contribution in [2.75, 3.05) is 24.3 Å². The third-order valence-electron chi connectivity index (χ3n) is 4.82. The van der Waals surface area contributed by atoms with Gasteiger partial charge in [-0.05, 0) is 35.7 Å². The molecule has 1 atom stereocenters. The van der Waals surface area contributed by atoms with Crippen molar-refractivity contribution in [3.05, 3.63) is 72.3 Å². The minimum absolute atomic E-state index is 0.188. The van der Waals surface area contributed by atoms with Crippen LogP contribution in [-0.4, -0.2) is 45.9 Å². The largest absolute Gasteiger partial charge is 0.441 e. The number of fused-ring (bicyclic) bond motifs is 1. The van der Waals surface area contributed by atoms with Gasteiger partial charge in [-0.2, -0.15) is 8.42 Å². The number of benzene rings is 3. The molecule has 0 spiro atoms. The minimum Gasteiger partial charge on any atom is -0.441 e. The molecule has 0 radical (unpaired) electrons. The minimum atomic E-state index is -3.60. The Hall–Kier alpha value is -3.43. The van der Waals surface area contributed by atoms with Gasteiger partial charge in [0.25, 0.3) is 10.1 Å². The molecular formula is C22H21N3O5S. The molecule has 9 heteroatoms. The first-order valence-electron chi connectivity index (χ1n) is 9.55. The van der Waals surface area contributed by atoms with E-state index in [1.807, 2.05) is 42.5 Å². The van der Waals surface area contributed by atoms with Gasteiger partial charge in [-0.15, -0.1) is 0 Å². The molecule has 0 aromatic heterocycles. The molecule has 1 fully saturated rings. The zero-order valence-electron chi connectivity index (χ0n) is 16.8. The van der Waals surface area contributed by atoms with Crippen LogP contribution >= 0.6 is 0 Å². The third-order valence-corrected chi connectivity index (χ3v) is 5.39. The summed E-state index contributed by atoms with van der Waals surface area (Å²) in [5.74, 6) is 0.353. The lowest BCUT2D eigenvalue weighted by Crippen LogP contribution is -2.26. The topological polar surface area (TPSA) is 111 Å². The Morgan fingerprint density at radius 1 is 1.13 bits per heavy atom. The van der Waals surface area contributed by atoms with Crippen LogP contribution in [0.3, 0.4) is 0 Å². The van der Waals surface area contributed by atoms with E-state index in [2.05, 4.69) is 4.99 Å². The number of nitrogens with two attached hydrogens (primary N) is 1. The molecule has 0 saturated carbocycles. The van der Waals surface area contributed by atoms with E-state index in [0.717, 1.165) is 22.7 Å². The lowest BCUT2D eigenvalue weighted by atomic mass is 10.1. The SMILES string of the molecule is CS(=O)(=O)OCC1CN(c2ccc(C(N)=Nc3cccc4ccccc34)cc2)C(=O)O1. The zero-order chi connectivity index (χ0) is 22.0. The van der Waals surface area contributed by atoms with Crippen molar-refractivity contribution in [2.24, 2.45) is 10.7 Å². The number of carbonyl (C=O) groups is 1. The molecule has 2 N–H and O–H groups in total. The Labute approximate surface area is 180 Å². The maximum absolute atomic E-state index is 12.1. The monoisotopic (exact) mass is 439 g/mol. The molecule has 0 aliphatic carbocycles. The fourth-order valence-electron chi connectivity index (χ4n) is 3.33. The van der Waals surface area contributed by atoms with Crippen molar-refractivity contribution < 1.29 is 22.1 Å². The van der Waals surface area contributed by atoms with Crippen molar-refractivity contribution in [1.29, 1.82) is 0 Å². The van der Waals surface area contributed by atoms with E-state index in [-0.39, 0.29) is 13.2 Å². The summed E-state index contributed by atoms with van der Waals surface area (Å²) in [4.78, 5) is 18.1. The molecule has 31 heavy (non-hydrogen) atoms. The second-order valence-corrected chi connectivity index (χ2v) is 8.79. The number of hydrogen-bond donors (Lipinski definition) is 1. The predicted molar refractivity (Wildman–Crippen MR) is 119 cm³/mol. The standard InChI is InChI=1S/C22H21N3O5S/c1-31(27,28)29-14-18-13-25(22(26)30-18)17-11-9-16(10-12-17)21(23)24-20-8-4-6-15-5-2-3-7-19(15)20/h2-12,18H,13-14H2,1H3,(H2,23,24).